The quantitative estimate of drug-likeness (QED) is 0.609. The van der Waals surface area contributed by atoms with Gasteiger partial charge in [-0.15, -0.1) is 0 Å². The summed E-state index contributed by atoms with van der Waals surface area (Å²) in [5.41, 5.74) is 0. The molecule has 2 aromatic rings. The normalized spacial score (nSPS) is 12.1. The van der Waals surface area contributed by atoms with Crippen LogP contribution in [-0.2, 0) is 19.9 Å². The molecule has 0 atom stereocenters. The molecule has 0 aliphatic rings. The van der Waals surface area contributed by atoms with E-state index in [9.17, 15) is 21.6 Å². The molecule has 0 aliphatic heterocycles. The summed E-state index contributed by atoms with van der Waals surface area (Å²) in [6.45, 7) is -0.0491. The molecule has 2 rings (SSSR count). The van der Waals surface area contributed by atoms with E-state index in [-0.39, 0.29) is 33.1 Å². The Hall–Kier alpha value is -1.69. The van der Waals surface area contributed by atoms with Gasteiger partial charge in [-0.25, -0.2) is 21.6 Å². The van der Waals surface area contributed by atoms with Gasteiger partial charge in [0.25, 0.3) is 5.91 Å². The Bertz CT molecular complexity index is 969. The van der Waals surface area contributed by atoms with Gasteiger partial charge in [0.05, 0.1) is 16.1 Å². The molecule has 0 saturated heterocycles. The highest BCUT2D eigenvalue weighted by molar-refractivity contribution is 9.10. The van der Waals surface area contributed by atoms with Crippen LogP contribution >= 0.6 is 15.9 Å². The molecule has 1 heterocycles. The third kappa shape index (κ3) is 5.14. The first-order valence-corrected chi connectivity index (χ1v) is 11.1. The van der Waals surface area contributed by atoms with Crippen LogP contribution < -0.4 is 10.0 Å². The van der Waals surface area contributed by atoms with Gasteiger partial charge in [-0.1, -0.05) is 0 Å². The second-order valence-electron chi connectivity index (χ2n) is 5.00. The van der Waals surface area contributed by atoms with Crippen LogP contribution in [-0.4, -0.2) is 42.1 Å². The zero-order valence-electron chi connectivity index (χ0n) is 13.0. The van der Waals surface area contributed by atoms with Crippen molar-refractivity contribution in [2.24, 2.45) is 0 Å². The number of rotatable bonds is 7. The smallest absolute Gasteiger partial charge is 0.287 e. The SMILES string of the molecule is CS(=O)(=O)c1ccc(Br)c(S(=O)(=O)NCCNC(=O)c2ccco2)c1. The van der Waals surface area contributed by atoms with Gasteiger partial charge in [-0.3, -0.25) is 4.79 Å². The van der Waals surface area contributed by atoms with Gasteiger partial charge in [0.1, 0.15) is 0 Å². The summed E-state index contributed by atoms with van der Waals surface area (Å²) in [4.78, 5) is 11.3. The molecule has 1 amide bonds. The number of amides is 1. The van der Waals surface area contributed by atoms with Crippen molar-refractivity contribution in [3.8, 4) is 0 Å². The number of carbonyl (C=O) groups excluding carboxylic acids is 1. The minimum absolute atomic E-state index is 0.0299. The lowest BCUT2D eigenvalue weighted by molar-refractivity contribution is 0.0926. The number of sulfonamides is 1. The second-order valence-corrected chi connectivity index (χ2v) is 9.60. The Balaban J connectivity index is 2.03. The summed E-state index contributed by atoms with van der Waals surface area (Å²) < 4.78 is 55.3. The van der Waals surface area contributed by atoms with Gasteiger partial charge in [0.15, 0.2) is 15.6 Å². The second kappa shape index (κ2) is 7.68. The number of benzene rings is 1. The number of hydrogen-bond donors (Lipinski definition) is 2. The lowest BCUT2D eigenvalue weighted by Gasteiger charge is -2.10. The molecule has 0 unspecified atom stereocenters. The fourth-order valence-electron chi connectivity index (χ4n) is 1.85. The minimum Gasteiger partial charge on any atom is -0.459 e. The molecular formula is C14H15BrN2O6S2. The fourth-order valence-corrected chi connectivity index (χ4v) is 4.60. The molecule has 0 fully saturated rings. The predicted molar refractivity (Wildman–Crippen MR) is 93.5 cm³/mol. The van der Waals surface area contributed by atoms with Crippen molar-refractivity contribution in [2.75, 3.05) is 19.3 Å². The maximum absolute atomic E-state index is 12.3. The predicted octanol–water partition coefficient (Wildman–Crippen LogP) is 1.15. The summed E-state index contributed by atoms with van der Waals surface area (Å²) in [5, 5.41) is 2.49. The van der Waals surface area contributed by atoms with Crippen LogP contribution in [0.2, 0.25) is 0 Å². The van der Waals surface area contributed by atoms with Crippen LogP contribution in [0.15, 0.2) is 55.3 Å². The molecule has 1 aromatic carbocycles. The molecule has 0 bridgehead atoms. The highest BCUT2D eigenvalue weighted by atomic mass is 79.9. The summed E-state index contributed by atoms with van der Waals surface area (Å²) >= 11 is 3.10. The highest BCUT2D eigenvalue weighted by Crippen LogP contribution is 2.25. The molecule has 136 valence electrons. The average Bonchev–Trinajstić information content (AvgIpc) is 3.05. The van der Waals surface area contributed by atoms with Gasteiger partial charge in [-0.2, -0.15) is 0 Å². The summed E-state index contributed by atoms with van der Waals surface area (Å²) in [7, 11) is -7.51. The Morgan fingerprint density at radius 1 is 1.16 bits per heavy atom. The lowest BCUT2D eigenvalue weighted by Crippen LogP contribution is -2.34. The Morgan fingerprint density at radius 3 is 2.48 bits per heavy atom. The van der Waals surface area contributed by atoms with E-state index in [1.807, 2.05) is 0 Å². The van der Waals surface area contributed by atoms with Crippen LogP contribution in [0.5, 0.6) is 0 Å². The minimum atomic E-state index is -3.96. The lowest BCUT2D eigenvalue weighted by atomic mass is 10.4. The first kappa shape index (κ1) is 19.6. The maximum atomic E-state index is 12.3. The Kier molecular flexibility index (Phi) is 6.03. The van der Waals surface area contributed by atoms with Crippen molar-refractivity contribution in [1.29, 1.82) is 0 Å². The van der Waals surface area contributed by atoms with Crippen LogP contribution in [0.25, 0.3) is 0 Å². The van der Waals surface area contributed by atoms with Crippen molar-refractivity contribution < 1.29 is 26.0 Å². The van der Waals surface area contributed by atoms with Gasteiger partial charge >= 0.3 is 0 Å². The van der Waals surface area contributed by atoms with Gasteiger partial charge < -0.3 is 9.73 Å². The van der Waals surface area contributed by atoms with E-state index in [1.165, 1.54) is 24.5 Å². The standard InChI is InChI=1S/C14H15BrN2O6S2/c1-24(19,20)10-4-5-11(15)13(9-10)25(21,22)17-7-6-16-14(18)12-3-2-8-23-12/h2-5,8-9,17H,6-7H2,1H3,(H,16,18). The van der Waals surface area contributed by atoms with Gasteiger partial charge in [0.2, 0.25) is 10.0 Å². The van der Waals surface area contributed by atoms with E-state index < -0.39 is 25.8 Å². The van der Waals surface area contributed by atoms with Crippen LogP contribution in [0, 0.1) is 0 Å². The average molecular weight is 451 g/mol. The zero-order chi connectivity index (χ0) is 18.7. The monoisotopic (exact) mass is 450 g/mol. The topological polar surface area (TPSA) is 123 Å². The first-order valence-electron chi connectivity index (χ1n) is 6.92. The Labute approximate surface area is 153 Å². The highest BCUT2D eigenvalue weighted by Gasteiger charge is 2.20. The molecule has 1 aromatic heterocycles. The van der Waals surface area contributed by atoms with Gasteiger partial charge in [0, 0.05) is 23.8 Å². The van der Waals surface area contributed by atoms with E-state index in [2.05, 4.69) is 26.0 Å². The molecule has 25 heavy (non-hydrogen) atoms. The van der Waals surface area contributed by atoms with Crippen LogP contribution in [0.3, 0.4) is 0 Å². The van der Waals surface area contributed by atoms with Crippen LogP contribution in [0.4, 0.5) is 0 Å². The third-order valence-corrected chi connectivity index (χ3v) is 6.63. The molecule has 2 N–H and O–H groups in total. The zero-order valence-corrected chi connectivity index (χ0v) is 16.2. The van der Waals surface area contributed by atoms with Crippen molar-refractivity contribution in [1.82, 2.24) is 10.0 Å². The number of carbonyl (C=O) groups is 1. The molecule has 0 aliphatic carbocycles. The van der Waals surface area contributed by atoms with Crippen molar-refractivity contribution in [2.45, 2.75) is 9.79 Å². The summed E-state index contributed by atoms with van der Waals surface area (Å²) in [5.74, 6) is -0.351. The van der Waals surface area contributed by atoms with Gasteiger partial charge in [-0.05, 0) is 46.3 Å². The number of nitrogens with one attached hydrogen (secondary N) is 2. The van der Waals surface area contributed by atoms with Crippen LogP contribution in [0.1, 0.15) is 10.6 Å². The van der Waals surface area contributed by atoms with E-state index in [1.54, 1.807) is 6.07 Å². The van der Waals surface area contributed by atoms with E-state index >= 15 is 0 Å². The summed E-state index contributed by atoms with van der Waals surface area (Å²) in [6, 6.07) is 6.77. The largest absolute Gasteiger partial charge is 0.459 e. The number of halogens is 1. The number of hydrogen-bond acceptors (Lipinski definition) is 6. The number of furan rings is 1. The molecule has 11 heteroatoms. The third-order valence-electron chi connectivity index (χ3n) is 3.07. The van der Waals surface area contributed by atoms with E-state index in [4.69, 9.17) is 4.42 Å². The maximum Gasteiger partial charge on any atom is 0.287 e. The molecule has 0 spiro atoms. The molecule has 0 saturated carbocycles. The summed E-state index contributed by atoms with van der Waals surface area (Å²) in [6.07, 6.45) is 2.34. The number of sulfone groups is 1. The molecule has 8 nitrogen and oxygen atoms in total. The Morgan fingerprint density at radius 2 is 1.88 bits per heavy atom. The molecule has 0 radical (unpaired) electrons. The van der Waals surface area contributed by atoms with Crippen molar-refractivity contribution in [3.05, 3.63) is 46.8 Å². The first-order chi connectivity index (χ1) is 11.6. The van der Waals surface area contributed by atoms with E-state index in [0.717, 1.165) is 12.3 Å². The van der Waals surface area contributed by atoms with Crippen molar-refractivity contribution >= 4 is 41.7 Å². The fraction of sp³-hybridized carbons (Fsp3) is 0.214. The van der Waals surface area contributed by atoms with E-state index in [0.29, 0.717) is 0 Å². The molecular weight excluding hydrogens is 436 g/mol. The van der Waals surface area contributed by atoms with Crippen molar-refractivity contribution in [3.63, 3.8) is 0 Å².